The third-order valence-corrected chi connectivity index (χ3v) is 4.95. The van der Waals surface area contributed by atoms with Crippen LogP contribution in [0.2, 0.25) is 0 Å². The molecular weight excluding hydrogens is 339 g/mol. The number of hydrogen-bond acceptors (Lipinski definition) is 4. The Kier molecular flexibility index (Phi) is 17.2. The molecule has 0 aromatic heterocycles. The molecule has 2 unspecified atom stereocenters. The van der Waals surface area contributed by atoms with Gasteiger partial charge >= 0.3 is 17.4 Å². The summed E-state index contributed by atoms with van der Waals surface area (Å²) < 4.78 is 21.9. The van der Waals surface area contributed by atoms with Crippen molar-refractivity contribution in [1.82, 2.24) is 0 Å². The Hall–Kier alpha value is 0.642. The molecule has 0 rings (SSSR count). The predicted octanol–water partition coefficient (Wildman–Crippen LogP) is 4.92. The van der Waals surface area contributed by atoms with E-state index in [2.05, 4.69) is 27.7 Å². The van der Waals surface area contributed by atoms with Crippen LogP contribution in [-0.4, -0.2) is 13.2 Å². The fraction of sp³-hybridized carbons (Fsp3) is 1.00. The van der Waals surface area contributed by atoms with Crippen molar-refractivity contribution in [3.8, 4) is 0 Å². The summed E-state index contributed by atoms with van der Waals surface area (Å²) in [6, 6.07) is 0. The molecule has 0 spiro atoms. The van der Waals surface area contributed by atoms with E-state index in [4.69, 9.17) is 9.05 Å². The van der Waals surface area contributed by atoms with Crippen LogP contribution in [-0.2, 0) is 31.0 Å². The van der Waals surface area contributed by atoms with Gasteiger partial charge in [0, 0.05) is 0 Å². The van der Waals surface area contributed by atoms with Gasteiger partial charge in [-0.3, -0.25) is 4.57 Å². The first-order chi connectivity index (χ1) is 9.99. The quantitative estimate of drug-likeness (QED) is 0.406. The average molecular weight is 373 g/mol. The fourth-order valence-electron chi connectivity index (χ4n) is 2.23. The summed E-state index contributed by atoms with van der Waals surface area (Å²) in [7, 11) is -4.14. The molecule has 0 N–H and O–H groups in total. The van der Waals surface area contributed by atoms with E-state index < -0.39 is 7.82 Å². The molecule has 131 valence electrons. The van der Waals surface area contributed by atoms with Crippen LogP contribution in [0.1, 0.15) is 79.1 Å². The maximum absolute atomic E-state index is 11.8. The van der Waals surface area contributed by atoms with Crippen LogP contribution >= 0.6 is 7.82 Å². The Bertz CT molecular complexity index is 265. The second-order valence-electron chi connectivity index (χ2n) is 5.87. The molecule has 0 aromatic rings. The molecule has 1 radical (unpaired) electrons. The summed E-state index contributed by atoms with van der Waals surface area (Å²) in [4.78, 5) is 11.8. The van der Waals surface area contributed by atoms with Gasteiger partial charge in [-0.15, -0.1) is 0 Å². The van der Waals surface area contributed by atoms with Crippen molar-refractivity contribution < 1.29 is 35.9 Å². The van der Waals surface area contributed by atoms with Crippen LogP contribution in [0.4, 0.5) is 0 Å². The zero-order chi connectivity index (χ0) is 16.1. The number of phosphoric acid groups is 1. The minimum Gasteiger partial charge on any atom is -0.756 e. The van der Waals surface area contributed by atoms with Gasteiger partial charge in [-0.05, 0) is 24.7 Å². The number of phosphoric ester groups is 1. The Morgan fingerprint density at radius 2 is 1.23 bits per heavy atom. The minimum absolute atomic E-state index is 0. The SMILES string of the molecule is CCCCC(CC)COP(=O)([O-])OCC(CC)CCCC.[Cr+3]. The van der Waals surface area contributed by atoms with Gasteiger partial charge in [0.1, 0.15) is 0 Å². The summed E-state index contributed by atoms with van der Waals surface area (Å²) >= 11 is 0. The van der Waals surface area contributed by atoms with Crippen molar-refractivity contribution in [1.29, 1.82) is 0 Å². The van der Waals surface area contributed by atoms with Crippen molar-refractivity contribution in [2.75, 3.05) is 13.2 Å². The van der Waals surface area contributed by atoms with Gasteiger partial charge in [0.15, 0.2) is 0 Å². The zero-order valence-electron chi connectivity index (χ0n) is 14.7. The molecule has 22 heavy (non-hydrogen) atoms. The summed E-state index contributed by atoms with van der Waals surface area (Å²) in [5, 5.41) is 0. The number of unbranched alkanes of at least 4 members (excludes halogenated alkanes) is 2. The van der Waals surface area contributed by atoms with Crippen molar-refractivity contribution >= 4 is 7.82 Å². The first-order valence-corrected chi connectivity index (χ1v) is 10.0. The molecule has 0 aliphatic heterocycles. The van der Waals surface area contributed by atoms with Gasteiger partial charge in [-0.25, -0.2) is 0 Å². The van der Waals surface area contributed by atoms with E-state index in [-0.39, 0.29) is 30.6 Å². The standard InChI is InChI=1S/C16H35O4P.Cr/c1-5-9-11-15(7-3)13-19-21(17,18)20-14-16(8-4)12-10-6-2;/h15-16H,5-14H2,1-4H3,(H,17,18);/q;+3/p-1. The smallest absolute Gasteiger partial charge is 0.756 e. The normalized spacial score (nSPS) is 16.6. The summed E-state index contributed by atoms with van der Waals surface area (Å²) in [6.07, 6.45) is 8.38. The van der Waals surface area contributed by atoms with Crippen molar-refractivity contribution in [3.63, 3.8) is 0 Å². The van der Waals surface area contributed by atoms with Crippen molar-refractivity contribution in [2.45, 2.75) is 79.1 Å². The Morgan fingerprint density at radius 1 is 0.864 bits per heavy atom. The van der Waals surface area contributed by atoms with Crippen LogP contribution < -0.4 is 4.89 Å². The maximum atomic E-state index is 11.8. The van der Waals surface area contributed by atoms with E-state index in [1.165, 1.54) is 0 Å². The van der Waals surface area contributed by atoms with Crippen molar-refractivity contribution in [2.24, 2.45) is 11.8 Å². The van der Waals surface area contributed by atoms with E-state index in [0.29, 0.717) is 11.8 Å². The molecule has 6 heteroatoms. The van der Waals surface area contributed by atoms with Gasteiger partial charge < -0.3 is 13.9 Å². The Balaban J connectivity index is 0. The zero-order valence-corrected chi connectivity index (χ0v) is 16.9. The molecule has 0 amide bonds. The molecule has 0 bridgehead atoms. The van der Waals surface area contributed by atoms with E-state index >= 15 is 0 Å². The van der Waals surface area contributed by atoms with Crippen LogP contribution in [0.15, 0.2) is 0 Å². The topological polar surface area (TPSA) is 58.6 Å². The maximum Gasteiger partial charge on any atom is 3.00 e. The molecule has 0 heterocycles. The Morgan fingerprint density at radius 3 is 1.50 bits per heavy atom. The minimum atomic E-state index is -4.14. The second kappa shape index (κ2) is 15.2. The third kappa shape index (κ3) is 13.1. The number of hydrogen-bond donors (Lipinski definition) is 0. The Labute approximate surface area is 148 Å². The van der Waals surface area contributed by atoms with Gasteiger partial charge in [0.25, 0.3) is 7.82 Å². The molecule has 2 atom stereocenters. The van der Waals surface area contributed by atoms with Crippen LogP contribution in [0.3, 0.4) is 0 Å². The van der Waals surface area contributed by atoms with E-state index in [0.717, 1.165) is 51.4 Å². The largest absolute Gasteiger partial charge is 3.00 e. The molecule has 0 aliphatic carbocycles. The molecule has 0 aromatic carbocycles. The van der Waals surface area contributed by atoms with Crippen molar-refractivity contribution in [3.05, 3.63) is 0 Å². The molecule has 4 nitrogen and oxygen atoms in total. The van der Waals surface area contributed by atoms with Crippen LogP contribution in [0.25, 0.3) is 0 Å². The van der Waals surface area contributed by atoms with Gasteiger partial charge in [0.2, 0.25) is 0 Å². The first kappa shape index (κ1) is 24.9. The van der Waals surface area contributed by atoms with Crippen LogP contribution in [0, 0.1) is 11.8 Å². The summed E-state index contributed by atoms with van der Waals surface area (Å²) in [5.74, 6) is 0.607. The van der Waals surface area contributed by atoms with Gasteiger partial charge in [-0.1, -0.05) is 66.2 Å². The molecule has 0 fully saturated rings. The molecule has 0 saturated carbocycles. The summed E-state index contributed by atoms with van der Waals surface area (Å²) in [5.41, 5.74) is 0. The second-order valence-corrected chi connectivity index (χ2v) is 7.28. The number of rotatable bonds is 14. The third-order valence-electron chi connectivity index (χ3n) is 4.02. The van der Waals surface area contributed by atoms with Crippen LogP contribution in [0.5, 0.6) is 0 Å². The van der Waals surface area contributed by atoms with Gasteiger partial charge in [0.05, 0.1) is 13.2 Å². The van der Waals surface area contributed by atoms with E-state index in [1.54, 1.807) is 0 Å². The molecule has 0 aliphatic rings. The monoisotopic (exact) mass is 373 g/mol. The predicted molar refractivity (Wildman–Crippen MR) is 86.1 cm³/mol. The fourth-order valence-corrected chi connectivity index (χ4v) is 3.09. The first-order valence-electron chi connectivity index (χ1n) is 8.59. The average Bonchev–Trinajstić information content (AvgIpc) is 2.47. The van der Waals surface area contributed by atoms with E-state index in [9.17, 15) is 9.46 Å². The molecule has 0 saturated heterocycles. The van der Waals surface area contributed by atoms with Gasteiger partial charge in [-0.2, -0.15) is 0 Å². The molecular formula is C16H34CrO4P+2. The van der Waals surface area contributed by atoms with E-state index in [1.807, 2.05) is 0 Å². The summed E-state index contributed by atoms with van der Waals surface area (Å²) in [6.45, 7) is 8.91.